The molecule has 3 aliphatic carbocycles. The van der Waals surface area contributed by atoms with Gasteiger partial charge in [-0.05, 0) is 26.0 Å². The number of allylic oxidation sites excluding steroid dienone is 2. The van der Waals surface area contributed by atoms with Crippen molar-refractivity contribution in [2.24, 2.45) is 0 Å². The number of phenols is 1. The topological polar surface area (TPSA) is 182 Å². The van der Waals surface area contributed by atoms with E-state index in [9.17, 15) is 45.0 Å². The average Bonchev–Trinajstić information content (AvgIpc) is 2.75. The molecule has 0 aromatic heterocycles. The summed E-state index contributed by atoms with van der Waals surface area (Å²) in [6.45, 7) is 2.88. The van der Waals surface area contributed by atoms with E-state index in [-0.39, 0.29) is 28.7 Å². The largest absolute Gasteiger partial charge is 0.507 e. The number of rotatable bonds is 1. The van der Waals surface area contributed by atoms with Crippen LogP contribution in [0.3, 0.4) is 0 Å². The minimum Gasteiger partial charge on any atom is -0.507 e. The molecule has 0 radical (unpaired) electrons. The van der Waals surface area contributed by atoms with Crippen molar-refractivity contribution in [2.45, 2.75) is 74.3 Å². The van der Waals surface area contributed by atoms with Gasteiger partial charge in [0.05, 0.1) is 35.0 Å². The summed E-state index contributed by atoms with van der Waals surface area (Å²) in [5.74, 6) is -3.30. The van der Waals surface area contributed by atoms with Gasteiger partial charge in [-0.2, -0.15) is 0 Å². The molecule has 35 heavy (non-hydrogen) atoms. The zero-order chi connectivity index (χ0) is 25.7. The third-order valence-corrected chi connectivity index (χ3v) is 7.59. The van der Waals surface area contributed by atoms with Gasteiger partial charge in [0.1, 0.15) is 17.5 Å². The zero-order valence-corrected chi connectivity index (χ0v) is 19.1. The van der Waals surface area contributed by atoms with Crippen LogP contribution in [0.1, 0.15) is 65.5 Å². The Balaban J connectivity index is 1.62. The molecule has 186 valence electrons. The lowest BCUT2D eigenvalue weighted by atomic mass is 9.57. The van der Waals surface area contributed by atoms with Crippen LogP contribution in [0.15, 0.2) is 35.4 Å². The maximum Gasteiger partial charge on any atom is 0.198 e. The fourth-order valence-electron chi connectivity index (χ4n) is 5.82. The molecule has 2 fully saturated rings. The van der Waals surface area contributed by atoms with E-state index < -0.39 is 82.7 Å². The van der Waals surface area contributed by atoms with Gasteiger partial charge in [0.25, 0.3) is 0 Å². The van der Waals surface area contributed by atoms with Crippen LogP contribution in [0.2, 0.25) is 0 Å². The minimum atomic E-state index is -2.75. The number of fused-ring (bicyclic) bond motifs is 3. The van der Waals surface area contributed by atoms with E-state index in [1.165, 1.54) is 19.1 Å². The van der Waals surface area contributed by atoms with Crippen molar-refractivity contribution in [3.63, 3.8) is 0 Å². The molecule has 4 aliphatic rings. The first-order valence-corrected chi connectivity index (χ1v) is 11.3. The fraction of sp³-hybridized carbons (Fsp3) is 0.480. The van der Waals surface area contributed by atoms with E-state index in [2.05, 4.69) is 0 Å². The van der Waals surface area contributed by atoms with E-state index >= 15 is 0 Å². The first-order chi connectivity index (χ1) is 16.2. The molecule has 10 heteroatoms. The van der Waals surface area contributed by atoms with E-state index in [4.69, 9.17) is 4.74 Å². The van der Waals surface area contributed by atoms with Gasteiger partial charge in [-0.1, -0.05) is 12.1 Å². The standard InChI is InChI=1S/C25H26O10/c1-10-19(28)14(26)7-15(35-10)11-3-4-12-17(20(11)29)21(30)13-5-6-24(33)9-23(2,32)8-16(27)25(24,34)18(13)22(12)31/h3-6,10,14-15,19,26,28-29,32-34H,7-9H2,1-2H3/t10-,14-,15-,19-,23+,24+,25+/m1/s1. The average molecular weight is 486 g/mol. The highest BCUT2D eigenvalue weighted by molar-refractivity contribution is 6.31. The molecular weight excluding hydrogens is 460 g/mol. The Hall–Kier alpha value is -2.73. The lowest BCUT2D eigenvalue weighted by Crippen LogP contribution is -2.69. The highest BCUT2D eigenvalue weighted by Crippen LogP contribution is 2.51. The Kier molecular flexibility index (Phi) is 5.06. The van der Waals surface area contributed by atoms with Gasteiger partial charge in [0.2, 0.25) is 0 Å². The Morgan fingerprint density at radius 2 is 1.74 bits per heavy atom. The highest BCUT2D eigenvalue weighted by atomic mass is 16.5. The predicted molar refractivity (Wildman–Crippen MR) is 118 cm³/mol. The van der Waals surface area contributed by atoms with E-state index in [1.54, 1.807) is 6.92 Å². The molecule has 10 nitrogen and oxygen atoms in total. The van der Waals surface area contributed by atoms with Gasteiger partial charge in [-0.25, -0.2) is 0 Å². The number of aromatic hydroxyl groups is 1. The number of ketones is 3. The molecule has 1 heterocycles. The summed E-state index contributed by atoms with van der Waals surface area (Å²) < 4.78 is 5.70. The quantitative estimate of drug-likeness (QED) is 0.311. The van der Waals surface area contributed by atoms with Crippen molar-refractivity contribution in [2.75, 3.05) is 0 Å². The number of ether oxygens (including phenoxy) is 1. The molecule has 6 N–H and O–H groups in total. The SMILES string of the molecule is C[C@H]1O[C@@H](c2ccc3c(c2O)C(=O)C2=C(C3=O)[C@@]3(O)C(=O)C[C@](C)(O)C[C@@]3(O)C=C2)C[C@@H](O)[C@@H]1O. The van der Waals surface area contributed by atoms with Gasteiger partial charge < -0.3 is 35.4 Å². The smallest absolute Gasteiger partial charge is 0.198 e. The molecule has 1 saturated heterocycles. The number of phenolic OH excluding ortho intramolecular Hbond substituents is 1. The molecule has 7 atom stereocenters. The Morgan fingerprint density at radius 1 is 1.06 bits per heavy atom. The summed E-state index contributed by atoms with van der Waals surface area (Å²) in [4.78, 5) is 40.0. The second kappa shape index (κ2) is 7.39. The van der Waals surface area contributed by atoms with Crippen molar-refractivity contribution in [1.82, 2.24) is 0 Å². The van der Waals surface area contributed by atoms with Crippen LogP contribution in [0.4, 0.5) is 0 Å². The van der Waals surface area contributed by atoms with Crippen molar-refractivity contribution >= 4 is 17.3 Å². The van der Waals surface area contributed by atoms with Crippen molar-refractivity contribution < 1.29 is 49.8 Å². The highest BCUT2D eigenvalue weighted by Gasteiger charge is 2.66. The number of aliphatic hydroxyl groups is 5. The van der Waals surface area contributed by atoms with Crippen LogP contribution >= 0.6 is 0 Å². The Bertz CT molecular complexity index is 1230. The lowest BCUT2D eigenvalue weighted by molar-refractivity contribution is -0.183. The van der Waals surface area contributed by atoms with Gasteiger partial charge in [-0.3, -0.25) is 14.4 Å². The molecule has 0 spiro atoms. The van der Waals surface area contributed by atoms with Gasteiger partial charge >= 0.3 is 0 Å². The second-order valence-corrected chi connectivity index (χ2v) is 10.2. The van der Waals surface area contributed by atoms with Crippen LogP contribution in [0.25, 0.3) is 0 Å². The summed E-state index contributed by atoms with van der Waals surface area (Å²) in [5.41, 5.74) is -8.12. The van der Waals surface area contributed by atoms with Gasteiger partial charge in [-0.15, -0.1) is 0 Å². The molecule has 1 aromatic carbocycles. The first kappa shape index (κ1) is 24.0. The molecule has 0 bridgehead atoms. The summed E-state index contributed by atoms with van der Waals surface area (Å²) in [6.07, 6.45) is -2.78. The summed E-state index contributed by atoms with van der Waals surface area (Å²) in [7, 11) is 0. The second-order valence-electron chi connectivity index (χ2n) is 10.2. The van der Waals surface area contributed by atoms with E-state index in [1.807, 2.05) is 0 Å². The van der Waals surface area contributed by atoms with E-state index in [0.717, 1.165) is 12.2 Å². The molecule has 0 unspecified atom stereocenters. The maximum absolute atomic E-state index is 13.5. The summed E-state index contributed by atoms with van der Waals surface area (Å²) in [5, 5.41) is 64.1. The number of Topliss-reactive ketones (excluding diaryl/α,β-unsaturated/α-hetero) is 3. The van der Waals surface area contributed by atoms with Crippen LogP contribution in [0, 0.1) is 0 Å². The summed E-state index contributed by atoms with van der Waals surface area (Å²) >= 11 is 0. The lowest BCUT2D eigenvalue weighted by Gasteiger charge is -2.51. The van der Waals surface area contributed by atoms with Crippen LogP contribution in [-0.4, -0.2) is 83.1 Å². The normalized spacial score (nSPS) is 40.9. The Labute approximate surface area is 199 Å². The zero-order valence-electron chi connectivity index (χ0n) is 19.1. The molecular formula is C25H26O10. The van der Waals surface area contributed by atoms with Gasteiger partial charge in [0.15, 0.2) is 23.0 Å². The molecule has 0 amide bonds. The molecule has 5 rings (SSSR count). The van der Waals surface area contributed by atoms with Gasteiger partial charge in [0, 0.05) is 36.0 Å². The number of aliphatic hydroxyl groups excluding tert-OH is 2. The maximum atomic E-state index is 13.5. The number of benzene rings is 1. The molecule has 1 aliphatic heterocycles. The van der Waals surface area contributed by atoms with Crippen molar-refractivity contribution in [3.05, 3.63) is 52.1 Å². The number of hydrogen-bond donors (Lipinski definition) is 6. The van der Waals surface area contributed by atoms with Crippen LogP contribution in [-0.2, 0) is 9.53 Å². The Morgan fingerprint density at radius 3 is 2.40 bits per heavy atom. The fourth-order valence-corrected chi connectivity index (χ4v) is 5.82. The summed E-state index contributed by atoms with van der Waals surface area (Å²) in [6, 6.07) is 2.60. The third kappa shape index (κ3) is 3.15. The number of carbonyl (C=O) groups excluding carboxylic acids is 3. The molecule has 1 aromatic rings. The minimum absolute atomic E-state index is 0.0605. The van der Waals surface area contributed by atoms with Crippen molar-refractivity contribution in [3.8, 4) is 5.75 Å². The third-order valence-electron chi connectivity index (χ3n) is 7.59. The van der Waals surface area contributed by atoms with Crippen molar-refractivity contribution in [1.29, 1.82) is 0 Å². The molecule has 1 saturated carbocycles. The van der Waals surface area contributed by atoms with E-state index in [0.29, 0.717) is 0 Å². The van der Waals surface area contributed by atoms with Crippen LogP contribution < -0.4 is 0 Å². The number of hydrogen-bond acceptors (Lipinski definition) is 10. The predicted octanol–water partition coefficient (Wildman–Crippen LogP) is -0.215. The number of carbonyl (C=O) groups is 3. The first-order valence-electron chi connectivity index (χ1n) is 11.3. The van der Waals surface area contributed by atoms with Crippen LogP contribution in [0.5, 0.6) is 5.75 Å². The monoisotopic (exact) mass is 486 g/mol.